The van der Waals surface area contributed by atoms with Crippen LogP contribution >= 0.6 is 0 Å². The lowest BCUT2D eigenvalue weighted by Crippen LogP contribution is -2.40. The van der Waals surface area contributed by atoms with Gasteiger partial charge < -0.3 is 19.4 Å². The van der Waals surface area contributed by atoms with Gasteiger partial charge in [-0.3, -0.25) is 9.59 Å². The molecule has 0 radical (unpaired) electrons. The second-order valence-corrected chi connectivity index (χ2v) is 10.2. The van der Waals surface area contributed by atoms with Crippen LogP contribution in [0, 0.1) is 0 Å². The van der Waals surface area contributed by atoms with Gasteiger partial charge in [0.1, 0.15) is 11.3 Å². The van der Waals surface area contributed by atoms with E-state index in [1.165, 1.54) is 0 Å². The number of ether oxygens (including phenoxy) is 1. The third-order valence-electron chi connectivity index (χ3n) is 5.78. The number of anilines is 1. The Hall–Kier alpha value is -2.39. The van der Waals surface area contributed by atoms with E-state index < -0.39 is 15.7 Å². The van der Waals surface area contributed by atoms with Crippen LogP contribution in [0.2, 0.25) is 0 Å². The summed E-state index contributed by atoms with van der Waals surface area (Å²) in [5.41, 5.74) is 0.786. The number of morpholine rings is 1. The summed E-state index contributed by atoms with van der Waals surface area (Å²) in [7, 11) is -3.29. The van der Waals surface area contributed by atoms with E-state index in [0.29, 0.717) is 55.8 Å². The Labute approximate surface area is 175 Å². The van der Waals surface area contributed by atoms with Gasteiger partial charge in [-0.2, -0.15) is 0 Å². The minimum Gasteiger partial charge on any atom is -0.449 e. The Morgan fingerprint density at radius 2 is 1.80 bits per heavy atom. The Morgan fingerprint density at radius 3 is 2.53 bits per heavy atom. The zero-order valence-electron chi connectivity index (χ0n) is 16.8. The molecule has 0 atom stereocenters. The SMILES string of the molecule is O=C(CCS(=O)(=O)C1CCCC1)Nc1c(C(=O)N2CCOCC2)oc2ccccc12. The minimum absolute atomic E-state index is 0.0603. The third-order valence-corrected chi connectivity index (χ3v) is 8.04. The Kier molecular flexibility index (Phi) is 6.10. The number of benzene rings is 1. The van der Waals surface area contributed by atoms with Crippen LogP contribution in [-0.4, -0.2) is 62.4 Å². The summed E-state index contributed by atoms with van der Waals surface area (Å²) in [6.45, 7) is 1.80. The number of hydrogen-bond donors (Lipinski definition) is 1. The predicted octanol–water partition coefficient (Wildman–Crippen LogP) is 2.59. The van der Waals surface area contributed by atoms with Crippen molar-refractivity contribution in [1.29, 1.82) is 0 Å². The van der Waals surface area contributed by atoms with Crippen LogP contribution in [0.3, 0.4) is 0 Å². The van der Waals surface area contributed by atoms with Crippen molar-refractivity contribution >= 4 is 38.3 Å². The number of furan rings is 1. The van der Waals surface area contributed by atoms with Crippen molar-refractivity contribution in [2.24, 2.45) is 0 Å². The number of carbonyl (C=O) groups is 2. The molecule has 1 aromatic heterocycles. The molecule has 4 rings (SSSR count). The van der Waals surface area contributed by atoms with E-state index >= 15 is 0 Å². The third kappa shape index (κ3) is 4.37. The summed E-state index contributed by atoms with van der Waals surface area (Å²) in [5, 5.41) is 3.02. The van der Waals surface area contributed by atoms with Gasteiger partial charge in [0.25, 0.3) is 5.91 Å². The van der Waals surface area contributed by atoms with E-state index in [1.54, 1.807) is 29.2 Å². The van der Waals surface area contributed by atoms with Gasteiger partial charge in [0.2, 0.25) is 11.7 Å². The van der Waals surface area contributed by atoms with Gasteiger partial charge in [-0.05, 0) is 25.0 Å². The lowest BCUT2D eigenvalue weighted by molar-refractivity contribution is -0.115. The number of fused-ring (bicyclic) bond motifs is 1. The van der Waals surface area contributed by atoms with Gasteiger partial charge in [0.05, 0.1) is 24.2 Å². The molecule has 2 aromatic rings. The van der Waals surface area contributed by atoms with E-state index in [0.717, 1.165) is 12.8 Å². The highest BCUT2D eigenvalue weighted by molar-refractivity contribution is 7.92. The molecule has 0 bridgehead atoms. The summed E-state index contributed by atoms with van der Waals surface area (Å²) < 4.78 is 36.0. The average molecular weight is 435 g/mol. The molecule has 30 heavy (non-hydrogen) atoms. The highest BCUT2D eigenvalue weighted by atomic mass is 32.2. The molecule has 0 spiro atoms. The molecule has 0 unspecified atom stereocenters. The zero-order chi connectivity index (χ0) is 21.1. The first-order valence-electron chi connectivity index (χ1n) is 10.4. The molecule has 1 aliphatic carbocycles. The first-order valence-corrected chi connectivity index (χ1v) is 12.1. The topological polar surface area (TPSA) is 106 Å². The summed E-state index contributed by atoms with van der Waals surface area (Å²) >= 11 is 0. The molecule has 1 aromatic carbocycles. The number of sulfone groups is 1. The van der Waals surface area contributed by atoms with E-state index in [4.69, 9.17) is 9.15 Å². The van der Waals surface area contributed by atoms with E-state index in [9.17, 15) is 18.0 Å². The van der Waals surface area contributed by atoms with Crippen molar-refractivity contribution in [2.45, 2.75) is 37.4 Å². The fourth-order valence-corrected chi connectivity index (χ4v) is 5.94. The van der Waals surface area contributed by atoms with Crippen molar-refractivity contribution in [2.75, 3.05) is 37.4 Å². The highest BCUT2D eigenvalue weighted by Gasteiger charge is 2.30. The summed E-state index contributed by atoms with van der Waals surface area (Å²) in [5.74, 6) is -0.890. The predicted molar refractivity (Wildman–Crippen MR) is 112 cm³/mol. The fourth-order valence-electron chi connectivity index (χ4n) is 4.08. The summed E-state index contributed by atoms with van der Waals surface area (Å²) in [6.07, 6.45) is 3.04. The second kappa shape index (κ2) is 8.77. The van der Waals surface area contributed by atoms with Crippen LogP contribution in [-0.2, 0) is 19.4 Å². The largest absolute Gasteiger partial charge is 0.449 e. The molecule has 1 saturated heterocycles. The normalized spacial score (nSPS) is 18.1. The van der Waals surface area contributed by atoms with Crippen molar-refractivity contribution in [3.05, 3.63) is 30.0 Å². The monoisotopic (exact) mass is 434 g/mol. The number of nitrogens with zero attached hydrogens (tertiary/aromatic N) is 1. The van der Waals surface area contributed by atoms with Gasteiger partial charge >= 0.3 is 0 Å². The molecular formula is C21H26N2O6S. The molecule has 2 heterocycles. The molecule has 1 aliphatic heterocycles. The van der Waals surface area contributed by atoms with Crippen LogP contribution in [0.25, 0.3) is 11.0 Å². The van der Waals surface area contributed by atoms with E-state index in [-0.39, 0.29) is 29.1 Å². The fraction of sp³-hybridized carbons (Fsp3) is 0.524. The molecule has 8 nitrogen and oxygen atoms in total. The Morgan fingerprint density at radius 1 is 1.10 bits per heavy atom. The molecule has 2 fully saturated rings. The Balaban J connectivity index is 1.52. The smallest absolute Gasteiger partial charge is 0.291 e. The standard InChI is InChI=1S/C21H26N2O6S/c24-18(9-14-30(26,27)15-5-1-2-6-15)22-19-16-7-3-4-8-17(16)29-20(19)21(25)23-10-12-28-13-11-23/h3-4,7-8,15H,1-2,5-6,9-14H2,(H,22,24). The quantitative estimate of drug-likeness (QED) is 0.749. The first kappa shape index (κ1) is 20.9. The maximum Gasteiger partial charge on any atom is 0.291 e. The summed E-state index contributed by atoms with van der Waals surface area (Å²) in [4.78, 5) is 27.2. The van der Waals surface area contributed by atoms with Crippen molar-refractivity contribution in [3.8, 4) is 0 Å². The molecule has 1 saturated carbocycles. The van der Waals surface area contributed by atoms with Crippen molar-refractivity contribution < 1.29 is 27.2 Å². The van der Waals surface area contributed by atoms with Gasteiger partial charge in [-0.1, -0.05) is 25.0 Å². The molecule has 9 heteroatoms. The van der Waals surface area contributed by atoms with Crippen molar-refractivity contribution in [3.63, 3.8) is 0 Å². The minimum atomic E-state index is -3.29. The first-order chi connectivity index (χ1) is 14.5. The molecule has 1 N–H and O–H groups in total. The van der Waals surface area contributed by atoms with Gasteiger partial charge in [-0.15, -0.1) is 0 Å². The van der Waals surface area contributed by atoms with Crippen LogP contribution in [0.15, 0.2) is 28.7 Å². The molecular weight excluding hydrogens is 408 g/mol. The van der Waals surface area contributed by atoms with Gasteiger partial charge in [-0.25, -0.2) is 8.42 Å². The Bertz CT molecular complexity index is 1030. The number of para-hydroxylation sites is 1. The maximum atomic E-state index is 13.0. The lowest BCUT2D eigenvalue weighted by atomic mass is 10.2. The second-order valence-electron chi connectivity index (χ2n) is 7.78. The van der Waals surface area contributed by atoms with Crippen molar-refractivity contribution in [1.82, 2.24) is 4.90 Å². The molecule has 2 aliphatic rings. The van der Waals surface area contributed by atoms with Crippen LogP contribution in [0.1, 0.15) is 42.7 Å². The number of amides is 2. The maximum absolute atomic E-state index is 13.0. The van der Waals surface area contributed by atoms with Gasteiger partial charge in [0, 0.05) is 24.9 Å². The summed E-state index contributed by atoms with van der Waals surface area (Å²) in [6, 6.07) is 7.07. The van der Waals surface area contributed by atoms with Crippen LogP contribution < -0.4 is 5.32 Å². The van der Waals surface area contributed by atoms with Crippen LogP contribution in [0.5, 0.6) is 0 Å². The molecule has 2 amide bonds. The number of carbonyl (C=O) groups excluding carboxylic acids is 2. The van der Waals surface area contributed by atoms with E-state index in [2.05, 4.69) is 5.32 Å². The van der Waals surface area contributed by atoms with Gasteiger partial charge in [0.15, 0.2) is 9.84 Å². The molecule has 162 valence electrons. The number of hydrogen-bond acceptors (Lipinski definition) is 6. The van der Waals surface area contributed by atoms with E-state index in [1.807, 2.05) is 0 Å². The highest BCUT2D eigenvalue weighted by Crippen LogP contribution is 2.32. The number of rotatable bonds is 6. The lowest BCUT2D eigenvalue weighted by Gasteiger charge is -2.26. The number of nitrogens with one attached hydrogen (secondary N) is 1. The van der Waals surface area contributed by atoms with Crippen LogP contribution in [0.4, 0.5) is 5.69 Å². The average Bonchev–Trinajstić information content (AvgIpc) is 3.42. The zero-order valence-corrected chi connectivity index (χ0v) is 17.6.